The summed E-state index contributed by atoms with van der Waals surface area (Å²) in [7, 11) is 0. The van der Waals surface area contributed by atoms with Crippen LogP contribution < -0.4 is 5.32 Å². The molecule has 4 nitrogen and oxygen atoms in total. The maximum Gasteiger partial charge on any atom is 0.407 e. The topological polar surface area (TPSA) is 47.6 Å². The molecule has 1 aliphatic carbocycles. The maximum atomic E-state index is 12.1. The second-order valence-electron chi connectivity index (χ2n) is 7.76. The predicted molar refractivity (Wildman–Crippen MR) is 101 cm³/mol. The standard InChI is InChI=1S/C21H35NO3/c1-6-8-9-11-22-20(23)25-14-21-13-24-18(10-7-2)19(17(21)5)15(3)12-16(21)4/h7,10,12,16-19H,6,8-9,11,13-14H2,1-5H3,(H,22,23)/b10-7+/t16-,17+,18-,19+,21+/m0/s1. The van der Waals surface area contributed by atoms with Gasteiger partial charge < -0.3 is 14.8 Å². The van der Waals surface area contributed by atoms with E-state index in [-0.39, 0.29) is 17.6 Å². The first-order chi connectivity index (χ1) is 12.0. The lowest BCUT2D eigenvalue weighted by Gasteiger charge is -2.54. The zero-order chi connectivity index (χ0) is 18.4. The number of carbonyl (C=O) groups is 1. The Morgan fingerprint density at radius 2 is 2.20 bits per heavy atom. The van der Waals surface area contributed by atoms with E-state index in [9.17, 15) is 4.79 Å². The van der Waals surface area contributed by atoms with E-state index in [2.05, 4.69) is 51.2 Å². The Kier molecular flexibility index (Phi) is 7.12. The summed E-state index contributed by atoms with van der Waals surface area (Å²) in [5.74, 6) is 1.10. The quantitative estimate of drug-likeness (QED) is 0.535. The fourth-order valence-corrected chi connectivity index (χ4v) is 4.49. The van der Waals surface area contributed by atoms with Crippen molar-refractivity contribution in [3.63, 3.8) is 0 Å². The molecule has 25 heavy (non-hydrogen) atoms. The van der Waals surface area contributed by atoms with Crippen molar-refractivity contribution in [2.24, 2.45) is 23.2 Å². The van der Waals surface area contributed by atoms with Gasteiger partial charge in [-0.3, -0.25) is 0 Å². The van der Waals surface area contributed by atoms with E-state index in [0.29, 0.717) is 37.5 Å². The first kappa shape index (κ1) is 20.0. The molecular formula is C21H35NO3. The molecule has 4 heteroatoms. The molecule has 142 valence electrons. The van der Waals surface area contributed by atoms with Crippen LogP contribution in [0.5, 0.6) is 0 Å². The lowest BCUT2D eigenvalue weighted by atomic mass is 9.56. The molecule has 1 N–H and O–H groups in total. The summed E-state index contributed by atoms with van der Waals surface area (Å²) in [6.07, 6.45) is 9.67. The van der Waals surface area contributed by atoms with Crippen LogP contribution in [-0.2, 0) is 9.47 Å². The van der Waals surface area contributed by atoms with Gasteiger partial charge in [-0.05, 0) is 32.1 Å². The smallest absolute Gasteiger partial charge is 0.407 e. The number of unbranched alkanes of at least 4 members (excludes halogenated alkanes) is 2. The van der Waals surface area contributed by atoms with Gasteiger partial charge >= 0.3 is 6.09 Å². The fourth-order valence-electron chi connectivity index (χ4n) is 4.49. The highest BCUT2D eigenvalue weighted by Gasteiger charge is 2.53. The van der Waals surface area contributed by atoms with E-state index in [4.69, 9.17) is 9.47 Å². The molecule has 1 saturated heterocycles. The molecule has 0 aromatic carbocycles. The van der Waals surface area contributed by atoms with Crippen LogP contribution in [0.4, 0.5) is 4.79 Å². The third-order valence-corrected chi connectivity index (χ3v) is 6.19. The molecule has 2 aliphatic rings. The van der Waals surface area contributed by atoms with Gasteiger partial charge in [0, 0.05) is 17.9 Å². The van der Waals surface area contributed by atoms with E-state index in [1.54, 1.807) is 0 Å². The van der Waals surface area contributed by atoms with Gasteiger partial charge in [0.1, 0.15) is 6.61 Å². The highest BCUT2D eigenvalue weighted by molar-refractivity contribution is 5.67. The Morgan fingerprint density at radius 1 is 1.44 bits per heavy atom. The summed E-state index contributed by atoms with van der Waals surface area (Å²) in [4.78, 5) is 12.1. The molecule has 5 atom stereocenters. The van der Waals surface area contributed by atoms with Crippen molar-refractivity contribution in [3.05, 3.63) is 23.8 Å². The summed E-state index contributed by atoms with van der Waals surface area (Å²) in [6, 6.07) is 0. The van der Waals surface area contributed by atoms with Crippen LogP contribution in [0.25, 0.3) is 0 Å². The predicted octanol–water partition coefficient (Wildman–Crippen LogP) is 4.71. The van der Waals surface area contributed by atoms with Gasteiger partial charge in [-0.15, -0.1) is 0 Å². The van der Waals surface area contributed by atoms with E-state index < -0.39 is 0 Å². The summed E-state index contributed by atoms with van der Waals surface area (Å²) >= 11 is 0. The molecule has 0 aromatic rings. The van der Waals surface area contributed by atoms with Crippen molar-refractivity contribution < 1.29 is 14.3 Å². The first-order valence-electron chi connectivity index (χ1n) is 9.79. The number of nitrogens with one attached hydrogen (secondary N) is 1. The Morgan fingerprint density at radius 3 is 2.88 bits per heavy atom. The molecule has 0 aromatic heterocycles. The van der Waals surface area contributed by atoms with E-state index in [1.807, 2.05) is 6.92 Å². The van der Waals surface area contributed by atoms with E-state index in [1.165, 1.54) is 5.57 Å². The van der Waals surface area contributed by atoms with Gasteiger partial charge in [-0.1, -0.05) is 57.4 Å². The molecule has 1 amide bonds. The third kappa shape index (κ3) is 4.28. The second kappa shape index (κ2) is 8.88. The molecule has 1 heterocycles. The summed E-state index contributed by atoms with van der Waals surface area (Å²) in [5, 5.41) is 2.87. The number of fused-ring (bicyclic) bond motifs is 2. The summed E-state index contributed by atoms with van der Waals surface area (Å²) in [5.41, 5.74) is 1.26. The molecule has 0 radical (unpaired) electrons. The molecule has 0 unspecified atom stereocenters. The Bertz CT molecular complexity index is 513. The number of rotatable bonds is 7. The average Bonchev–Trinajstić information content (AvgIpc) is 2.57. The molecule has 1 fully saturated rings. The molecule has 0 spiro atoms. The Balaban J connectivity index is 2.02. The lowest BCUT2D eigenvalue weighted by molar-refractivity contribution is -0.149. The second-order valence-corrected chi connectivity index (χ2v) is 7.76. The molecule has 2 bridgehead atoms. The molecule has 2 rings (SSSR count). The van der Waals surface area contributed by atoms with Gasteiger partial charge in [0.05, 0.1) is 12.7 Å². The Hall–Kier alpha value is -1.29. The van der Waals surface area contributed by atoms with Crippen molar-refractivity contribution in [1.29, 1.82) is 0 Å². The van der Waals surface area contributed by atoms with E-state index >= 15 is 0 Å². The van der Waals surface area contributed by atoms with Crippen molar-refractivity contribution in [1.82, 2.24) is 5.32 Å². The van der Waals surface area contributed by atoms with Crippen LogP contribution in [0.15, 0.2) is 23.8 Å². The number of allylic oxidation sites excluding steroid dienone is 2. The van der Waals surface area contributed by atoms with Gasteiger partial charge in [0.2, 0.25) is 0 Å². The minimum atomic E-state index is -0.303. The molecule has 0 saturated carbocycles. The van der Waals surface area contributed by atoms with Gasteiger partial charge in [-0.25, -0.2) is 4.79 Å². The van der Waals surface area contributed by atoms with Gasteiger partial charge in [0.25, 0.3) is 0 Å². The highest BCUT2D eigenvalue weighted by atomic mass is 16.6. The van der Waals surface area contributed by atoms with Crippen LogP contribution in [0.3, 0.4) is 0 Å². The highest BCUT2D eigenvalue weighted by Crippen LogP contribution is 2.52. The van der Waals surface area contributed by atoms with Crippen molar-refractivity contribution in [2.45, 2.75) is 60.0 Å². The third-order valence-electron chi connectivity index (χ3n) is 6.19. The van der Waals surface area contributed by atoms with Crippen molar-refractivity contribution in [3.8, 4) is 0 Å². The minimum Gasteiger partial charge on any atom is -0.449 e. The zero-order valence-electron chi connectivity index (χ0n) is 16.5. The SMILES string of the molecule is C/C=C/[C@@H]1OC[C@]2(COC(=O)NCCCCC)[C@H](C)[C@H]1C(C)=C[C@@H]2C. The average molecular weight is 350 g/mol. The van der Waals surface area contributed by atoms with Crippen LogP contribution in [-0.4, -0.2) is 32.0 Å². The largest absolute Gasteiger partial charge is 0.449 e. The van der Waals surface area contributed by atoms with E-state index in [0.717, 1.165) is 19.3 Å². The number of hydrogen-bond acceptors (Lipinski definition) is 3. The zero-order valence-corrected chi connectivity index (χ0v) is 16.5. The minimum absolute atomic E-state index is 0.125. The molecule has 1 aliphatic heterocycles. The maximum absolute atomic E-state index is 12.1. The lowest BCUT2D eigenvalue weighted by Crippen LogP contribution is -2.56. The van der Waals surface area contributed by atoms with Crippen LogP contribution in [0.1, 0.15) is 53.9 Å². The monoisotopic (exact) mass is 349 g/mol. The molecular weight excluding hydrogens is 314 g/mol. The number of alkyl carbamates (subject to hydrolysis) is 1. The summed E-state index contributed by atoms with van der Waals surface area (Å²) < 4.78 is 11.8. The van der Waals surface area contributed by atoms with Crippen LogP contribution in [0, 0.1) is 23.2 Å². The van der Waals surface area contributed by atoms with Crippen molar-refractivity contribution in [2.75, 3.05) is 19.8 Å². The fraction of sp³-hybridized carbons (Fsp3) is 0.762. The number of carbonyl (C=O) groups excluding carboxylic acids is 1. The number of hydrogen-bond donors (Lipinski definition) is 1. The Labute approximate surface area is 153 Å². The van der Waals surface area contributed by atoms with Crippen LogP contribution in [0.2, 0.25) is 0 Å². The number of amides is 1. The normalized spacial score (nSPS) is 34.7. The van der Waals surface area contributed by atoms with Crippen molar-refractivity contribution >= 4 is 6.09 Å². The van der Waals surface area contributed by atoms with Crippen LogP contribution >= 0.6 is 0 Å². The van der Waals surface area contributed by atoms with Gasteiger partial charge in [0.15, 0.2) is 0 Å². The van der Waals surface area contributed by atoms with Gasteiger partial charge in [-0.2, -0.15) is 0 Å². The first-order valence-corrected chi connectivity index (χ1v) is 9.79. The summed E-state index contributed by atoms with van der Waals surface area (Å²) in [6.45, 7) is 12.6. The number of ether oxygens (including phenoxy) is 2.